The summed E-state index contributed by atoms with van der Waals surface area (Å²) in [5, 5.41) is 2.99. The van der Waals surface area contributed by atoms with E-state index < -0.39 is 0 Å². The van der Waals surface area contributed by atoms with Crippen molar-refractivity contribution in [3.05, 3.63) is 95.1 Å². The molecule has 0 saturated carbocycles. The third kappa shape index (κ3) is 7.96. The van der Waals surface area contributed by atoms with Gasteiger partial charge in [0.15, 0.2) is 0 Å². The van der Waals surface area contributed by atoms with Crippen LogP contribution in [-0.4, -0.2) is 41.3 Å². The van der Waals surface area contributed by atoms with Crippen molar-refractivity contribution in [2.45, 2.75) is 58.5 Å². The number of benzene rings is 2. The molecule has 1 N–H and O–H groups in total. The zero-order valence-corrected chi connectivity index (χ0v) is 22.2. The summed E-state index contributed by atoms with van der Waals surface area (Å²) in [6.07, 6.45) is 9.78. The number of hydrogen-bond acceptors (Lipinski definition) is 4. The van der Waals surface area contributed by atoms with Crippen LogP contribution in [0.5, 0.6) is 0 Å². The lowest BCUT2D eigenvalue weighted by molar-refractivity contribution is -0.116. The average Bonchev–Trinajstić information content (AvgIpc) is 2.91. The number of pyridine rings is 1. The number of rotatable bonds is 6. The van der Waals surface area contributed by atoms with Crippen molar-refractivity contribution in [2.75, 3.05) is 24.5 Å². The quantitative estimate of drug-likeness (QED) is 0.469. The standard InChI is InChI=1S/C31H37FN4O2/c1-24(37)36-19-6-4-2-3-5-18-35(22-26-8-7-16-33-21-26)23-28-20-27(11-14-30(28)36)31(38)34-17-15-25-9-12-29(32)13-10-25/h7-14,16,20-21H,2-6,15,17-19,22-23H2,1H3,(H,34,38). The third-order valence-corrected chi connectivity index (χ3v) is 7.00. The molecule has 4 rings (SSSR count). The molecule has 0 saturated heterocycles. The average molecular weight is 517 g/mol. The van der Waals surface area contributed by atoms with E-state index in [4.69, 9.17) is 0 Å². The number of carbonyl (C=O) groups is 2. The molecule has 0 fully saturated rings. The van der Waals surface area contributed by atoms with E-state index in [1.807, 2.05) is 29.3 Å². The Bertz CT molecular complexity index is 1200. The van der Waals surface area contributed by atoms with E-state index in [0.717, 1.165) is 67.6 Å². The fourth-order valence-corrected chi connectivity index (χ4v) is 4.98. The van der Waals surface area contributed by atoms with Crippen molar-refractivity contribution in [3.63, 3.8) is 0 Å². The van der Waals surface area contributed by atoms with Crippen LogP contribution in [0.2, 0.25) is 0 Å². The van der Waals surface area contributed by atoms with Crippen molar-refractivity contribution < 1.29 is 14.0 Å². The number of fused-ring (bicyclic) bond motifs is 1. The first-order valence-electron chi connectivity index (χ1n) is 13.5. The summed E-state index contributed by atoms with van der Waals surface area (Å²) in [6, 6.07) is 16.0. The van der Waals surface area contributed by atoms with E-state index in [0.29, 0.717) is 31.6 Å². The van der Waals surface area contributed by atoms with E-state index in [2.05, 4.69) is 21.3 Å². The van der Waals surface area contributed by atoms with Crippen molar-refractivity contribution in [1.82, 2.24) is 15.2 Å². The van der Waals surface area contributed by atoms with Gasteiger partial charge in [0.25, 0.3) is 5.91 Å². The number of carbonyl (C=O) groups excluding carboxylic acids is 2. The Morgan fingerprint density at radius 2 is 1.71 bits per heavy atom. The molecule has 0 atom stereocenters. The van der Waals surface area contributed by atoms with E-state index in [1.165, 1.54) is 12.1 Å². The molecule has 1 aromatic heterocycles. The molecule has 3 aromatic rings. The van der Waals surface area contributed by atoms with Crippen LogP contribution < -0.4 is 10.2 Å². The smallest absolute Gasteiger partial charge is 0.251 e. The number of nitrogens with zero attached hydrogens (tertiary/aromatic N) is 3. The van der Waals surface area contributed by atoms with Gasteiger partial charge < -0.3 is 10.2 Å². The molecule has 6 nitrogen and oxygen atoms in total. The van der Waals surface area contributed by atoms with Crippen LogP contribution >= 0.6 is 0 Å². The molecule has 0 bridgehead atoms. The first-order chi connectivity index (χ1) is 18.5. The lowest BCUT2D eigenvalue weighted by atomic mass is 10.0. The minimum absolute atomic E-state index is 0.0126. The van der Waals surface area contributed by atoms with Gasteiger partial charge in [-0.1, -0.05) is 37.5 Å². The van der Waals surface area contributed by atoms with Gasteiger partial charge in [0.1, 0.15) is 5.82 Å². The van der Waals surface area contributed by atoms with Crippen molar-refractivity contribution in [1.29, 1.82) is 0 Å². The fraction of sp³-hybridized carbons (Fsp3) is 0.387. The van der Waals surface area contributed by atoms with Gasteiger partial charge in [-0.2, -0.15) is 0 Å². The van der Waals surface area contributed by atoms with Crippen LogP contribution in [0, 0.1) is 5.82 Å². The number of anilines is 1. The molecule has 0 aliphatic carbocycles. The van der Waals surface area contributed by atoms with E-state index in [-0.39, 0.29) is 17.6 Å². The highest BCUT2D eigenvalue weighted by molar-refractivity contribution is 5.97. The Labute approximate surface area is 224 Å². The SMILES string of the molecule is CC(=O)N1CCCCCCCN(Cc2cccnc2)Cc2cc(C(=O)NCCc3ccc(F)cc3)ccc21. The van der Waals surface area contributed by atoms with E-state index in [1.54, 1.807) is 31.3 Å². The van der Waals surface area contributed by atoms with Gasteiger partial charge in [-0.05, 0) is 78.9 Å². The van der Waals surface area contributed by atoms with Gasteiger partial charge >= 0.3 is 0 Å². The second-order valence-corrected chi connectivity index (χ2v) is 9.99. The minimum Gasteiger partial charge on any atom is -0.352 e. The van der Waals surface area contributed by atoms with Crippen LogP contribution in [0.3, 0.4) is 0 Å². The van der Waals surface area contributed by atoms with Crippen LogP contribution in [0.4, 0.5) is 10.1 Å². The summed E-state index contributed by atoms with van der Waals surface area (Å²) in [7, 11) is 0. The highest BCUT2D eigenvalue weighted by atomic mass is 19.1. The number of amides is 2. The lowest BCUT2D eigenvalue weighted by Gasteiger charge is -2.29. The van der Waals surface area contributed by atoms with Gasteiger partial charge in [0.05, 0.1) is 0 Å². The maximum Gasteiger partial charge on any atom is 0.251 e. The zero-order valence-electron chi connectivity index (χ0n) is 22.2. The van der Waals surface area contributed by atoms with Gasteiger partial charge in [0.2, 0.25) is 5.91 Å². The van der Waals surface area contributed by atoms with Gasteiger partial charge in [-0.15, -0.1) is 0 Å². The third-order valence-electron chi connectivity index (χ3n) is 7.00. The molecule has 1 aliphatic heterocycles. The fourth-order valence-electron chi connectivity index (χ4n) is 4.98. The van der Waals surface area contributed by atoms with Crippen LogP contribution in [-0.2, 0) is 24.3 Å². The number of halogens is 1. The molecule has 0 spiro atoms. The monoisotopic (exact) mass is 516 g/mol. The van der Waals surface area contributed by atoms with Crippen LogP contribution in [0.25, 0.3) is 0 Å². The highest BCUT2D eigenvalue weighted by Crippen LogP contribution is 2.26. The molecular weight excluding hydrogens is 479 g/mol. The molecular formula is C31H37FN4O2. The minimum atomic E-state index is -0.270. The second kappa shape index (κ2) is 13.8. The molecule has 2 heterocycles. The Morgan fingerprint density at radius 3 is 2.45 bits per heavy atom. The van der Waals surface area contributed by atoms with Crippen molar-refractivity contribution >= 4 is 17.5 Å². The van der Waals surface area contributed by atoms with Gasteiger partial charge in [0, 0.05) is 56.7 Å². The summed E-state index contributed by atoms with van der Waals surface area (Å²) in [5.41, 5.74) is 4.51. The Hall–Kier alpha value is -3.58. The number of nitrogens with one attached hydrogen (secondary N) is 1. The Kier molecular flexibility index (Phi) is 9.98. The molecule has 1 aliphatic rings. The largest absolute Gasteiger partial charge is 0.352 e. The number of aromatic nitrogens is 1. The first-order valence-corrected chi connectivity index (χ1v) is 13.5. The normalized spacial score (nSPS) is 15.2. The maximum absolute atomic E-state index is 13.2. The highest BCUT2D eigenvalue weighted by Gasteiger charge is 2.20. The maximum atomic E-state index is 13.2. The molecule has 0 unspecified atom stereocenters. The molecule has 0 radical (unpaired) electrons. The van der Waals surface area contributed by atoms with Gasteiger partial charge in [-0.3, -0.25) is 19.5 Å². The molecule has 38 heavy (non-hydrogen) atoms. The van der Waals surface area contributed by atoms with Crippen molar-refractivity contribution in [2.24, 2.45) is 0 Å². The van der Waals surface area contributed by atoms with Gasteiger partial charge in [-0.25, -0.2) is 4.39 Å². The summed E-state index contributed by atoms with van der Waals surface area (Å²) in [4.78, 5) is 34.2. The van der Waals surface area contributed by atoms with Crippen LogP contribution in [0.1, 0.15) is 66.1 Å². The number of hydrogen-bond donors (Lipinski definition) is 1. The Morgan fingerprint density at radius 1 is 0.947 bits per heavy atom. The molecule has 200 valence electrons. The van der Waals surface area contributed by atoms with Crippen molar-refractivity contribution in [3.8, 4) is 0 Å². The second-order valence-electron chi connectivity index (χ2n) is 9.99. The predicted molar refractivity (Wildman–Crippen MR) is 148 cm³/mol. The summed E-state index contributed by atoms with van der Waals surface area (Å²) in [5.74, 6) is -0.415. The molecule has 2 aromatic carbocycles. The Balaban J connectivity index is 1.56. The summed E-state index contributed by atoms with van der Waals surface area (Å²) in [6.45, 7) is 5.05. The topological polar surface area (TPSA) is 65.5 Å². The molecule has 2 amide bonds. The zero-order chi connectivity index (χ0) is 26.7. The first kappa shape index (κ1) is 27.5. The van der Waals surface area contributed by atoms with E-state index >= 15 is 0 Å². The summed E-state index contributed by atoms with van der Waals surface area (Å²) >= 11 is 0. The van der Waals surface area contributed by atoms with E-state index in [9.17, 15) is 14.0 Å². The summed E-state index contributed by atoms with van der Waals surface area (Å²) < 4.78 is 13.2. The van der Waals surface area contributed by atoms with Crippen LogP contribution in [0.15, 0.2) is 67.0 Å². The molecule has 7 heteroatoms. The predicted octanol–water partition coefficient (Wildman–Crippen LogP) is 5.51. The lowest BCUT2D eigenvalue weighted by Crippen LogP contribution is -2.33.